The quantitative estimate of drug-likeness (QED) is 0.547. The summed E-state index contributed by atoms with van der Waals surface area (Å²) in [5.74, 6) is -0.456. The third kappa shape index (κ3) is 2.02. The van der Waals surface area contributed by atoms with Gasteiger partial charge >= 0.3 is 0 Å². The number of nitrogen functional groups attached to an aromatic ring is 2. The number of nitrogens with two attached hydrogens (primary N) is 2. The molecule has 3 aromatic heterocycles. The Morgan fingerprint density at radius 2 is 1.30 bits per heavy atom. The standard InChI is InChI=1S/C12H7FN8O2/c13-4-1-2-5-6(3-4)17-8(10-12(15)21-23-19-10)7(16-5)9-11(14)20-22-18-9/h1-3H,(H2,14,20)(H2,15,21). The minimum atomic E-state index is -0.459. The molecule has 4 N–H and O–H groups in total. The van der Waals surface area contributed by atoms with Crippen molar-refractivity contribution >= 4 is 22.7 Å². The van der Waals surface area contributed by atoms with Crippen LogP contribution in [-0.4, -0.2) is 30.6 Å². The zero-order valence-electron chi connectivity index (χ0n) is 11.3. The fourth-order valence-electron chi connectivity index (χ4n) is 2.08. The van der Waals surface area contributed by atoms with Crippen LogP contribution in [0, 0.1) is 5.82 Å². The normalized spacial score (nSPS) is 11.2. The van der Waals surface area contributed by atoms with Crippen molar-refractivity contribution in [2.24, 2.45) is 0 Å². The Labute approximate surface area is 126 Å². The minimum absolute atomic E-state index is 0.00803. The van der Waals surface area contributed by atoms with Gasteiger partial charge in [0.25, 0.3) is 0 Å². The summed E-state index contributed by atoms with van der Waals surface area (Å²) in [5.41, 5.74) is 12.8. The van der Waals surface area contributed by atoms with E-state index in [0.717, 1.165) is 0 Å². The van der Waals surface area contributed by atoms with Gasteiger partial charge in [0.2, 0.25) is 0 Å². The average Bonchev–Trinajstić information content (AvgIpc) is 3.14. The molecule has 10 nitrogen and oxygen atoms in total. The van der Waals surface area contributed by atoms with Crippen LogP contribution in [-0.2, 0) is 0 Å². The molecule has 0 aliphatic rings. The largest absolute Gasteiger partial charge is 0.379 e. The van der Waals surface area contributed by atoms with Crippen LogP contribution < -0.4 is 11.5 Å². The summed E-state index contributed by atoms with van der Waals surface area (Å²) in [5, 5.41) is 14.4. The number of halogens is 1. The monoisotopic (exact) mass is 314 g/mol. The molecule has 114 valence electrons. The highest BCUT2D eigenvalue weighted by Gasteiger charge is 2.23. The van der Waals surface area contributed by atoms with Gasteiger partial charge in [0.15, 0.2) is 23.0 Å². The molecular formula is C12H7FN8O2. The van der Waals surface area contributed by atoms with Crippen LogP contribution in [0.1, 0.15) is 0 Å². The molecule has 4 aromatic rings. The van der Waals surface area contributed by atoms with Crippen LogP contribution in [0.4, 0.5) is 16.0 Å². The van der Waals surface area contributed by atoms with Gasteiger partial charge in [-0.25, -0.2) is 23.6 Å². The van der Waals surface area contributed by atoms with E-state index in [1.165, 1.54) is 18.2 Å². The fraction of sp³-hybridized carbons (Fsp3) is 0. The number of nitrogens with zero attached hydrogens (tertiary/aromatic N) is 6. The molecule has 0 unspecified atom stereocenters. The number of anilines is 2. The molecule has 0 saturated carbocycles. The van der Waals surface area contributed by atoms with Gasteiger partial charge in [-0.3, -0.25) is 0 Å². The van der Waals surface area contributed by atoms with Crippen molar-refractivity contribution in [1.29, 1.82) is 0 Å². The molecule has 3 heterocycles. The number of fused-ring (bicyclic) bond motifs is 1. The molecular weight excluding hydrogens is 307 g/mol. The number of hydrogen-bond acceptors (Lipinski definition) is 10. The second-order valence-corrected chi connectivity index (χ2v) is 4.55. The highest BCUT2D eigenvalue weighted by molar-refractivity contribution is 5.88. The van der Waals surface area contributed by atoms with Gasteiger partial charge in [-0.1, -0.05) is 0 Å². The van der Waals surface area contributed by atoms with E-state index in [9.17, 15) is 4.39 Å². The van der Waals surface area contributed by atoms with Crippen LogP contribution in [0.5, 0.6) is 0 Å². The molecule has 0 bridgehead atoms. The van der Waals surface area contributed by atoms with Gasteiger partial charge in [-0.2, -0.15) is 0 Å². The lowest BCUT2D eigenvalue weighted by molar-refractivity contribution is 0.309. The van der Waals surface area contributed by atoms with Crippen LogP contribution in [0.2, 0.25) is 0 Å². The summed E-state index contributed by atoms with van der Waals surface area (Å²) < 4.78 is 22.6. The van der Waals surface area contributed by atoms with Crippen molar-refractivity contribution in [3.63, 3.8) is 0 Å². The summed E-state index contributed by atoms with van der Waals surface area (Å²) in [6.45, 7) is 0. The van der Waals surface area contributed by atoms with E-state index in [1.54, 1.807) is 0 Å². The predicted octanol–water partition coefficient (Wildman–Crippen LogP) is 1.03. The Balaban J connectivity index is 2.08. The number of benzene rings is 1. The predicted molar refractivity (Wildman–Crippen MR) is 74.9 cm³/mol. The summed E-state index contributed by atoms with van der Waals surface area (Å²) in [6.07, 6.45) is 0. The molecule has 4 rings (SSSR count). The van der Waals surface area contributed by atoms with Crippen LogP contribution >= 0.6 is 0 Å². The zero-order valence-corrected chi connectivity index (χ0v) is 11.3. The van der Waals surface area contributed by atoms with Crippen molar-refractivity contribution in [1.82, 2.24) is 30.6 Å². The van der Waals surface area contributed by atoms with E-state index in [4.69, 9.17) is 11.5 Å². The average molecular weight is 314 g/mol. The van der Waals surface area contributed by atoms with E-state index in [2.05, 4.69) is 39.9 Å². The molecule has 0 spiro atoms. The molecule has 11 heteroatoms. The first-order valence-corrected chi connectivity index (χ1v) is 6.27. The molecule has 0 atom stereocenters. The van der Waals surface area contributed by atoms with Crippen LogP contribution in [0.3, 0.4) is 0 Å². The second kappa shape index (κ2) is 4.69. The van der Waals surface area contributed by atoms with Gasteiger partial charge in [-0.05, 0) is 32.8 Å². The first-order chi connectivity index (χ1) is 11.1. The maximum atomic E-state index is 13.4. The third-order valence-corrected chi connectivity index (χ3v) is 3.10. The van der Waals surface area contributed by atoms with Crippen molar-refractivity contribution in [2.45, 2.75) is 0 Å². The molecule has 23 heavy (non-hydrogen) atoms. The van der Waals surface area contributed by atoms with Crippen molar-refractivity contribution in [3.05, 3.63) is 24.0 Å². The van der Waals surface area contributed by atoms with E-state index in [0.29, 0.717) is 11.0 Å². The summed E-state index contributed by atoms with van der Waals surface area (Å²) in [7, 11) is 0. The smallest absolute Gasteiger partial charge is 0.198 e. The van der Waals surface area contributed by atoms with Gasteiger partial charge in [0.1, 0.15) is 17.2 Å². The van der Waals surface area contributed by atoms with E-state index >= 15 is 0 Å². The summed E-state index contributed by atoms with van der Waals surface area (Å²) >= 11 is 0. The first kappa shape index (κ1) is 13.1. The Hall–Kier alpha value is -3.63. The van der Waals surface area contributed by atoms with Crippen molar-refractivity contribution in [2.75, 3.05) is 11.5 Å². The molecule has 0 amide bonds. The fourth-order valence-corrected chi connectivity index (χ4v) is 2.08. The molecule has 0 aliphatic carbocycles. The highest BCUT2D eigenvalue weighted by atomic mass is 19.1. The topological polar surface area (TPSA) is 156 Å². The second-order valence-electron chi connectivity index (χ2n) is 4.55. The lowest BCUT2D eigenvalue weighted by Gasteiger charge is -2.06. The zero-order chi connectivity index (χ0) is 16.0. The third-order valence-electron chi connectivity index (χ3n) is 3.10. The van der Waals surface area contributed by atoms with Gasteiger partial charge in [0, 0.05) is 6.07 Å². The van der Waals surface area contributed by atoms with Crippen LogP contribution in [0.15, 0.2) is 27.5 Å². The molecule has 0 fully saturated rings. The van der Waals surface area contributed by atoms with E-state index in [1.807, 2.05) is 0 Å². The maximum Gasteiger partial charge on any atom is 0.198 e. The minimum Gasteiger partial charge on any atom is -0.379 e. The van der Waals surface area contributed by atoms with Gasteiger partial charge in [0.05, 0.1) is 11.0 Å². The van der Waals surface area contributed by atoms with Gasteiger partial charge < -0.3 is 11.5 Å². The number of aromatic nitrogens is 6. The SMILES string of the molecule is Nc1nonc1-c1nc2ccc(F)cc2nc1-c1nonc1N. The Morgan fingerprint density at radius 3 is 1.83 bits per heavy atom. The van der Waals surface area contributed by atoms with E-state index < -0.39 is 5.82 Å². The van der Waals surface area contributed by atoms with E-state index in [-0.39, 0.29) is 34.4 Å². The molecule has 0 saturated heterocycles. The van der Waals surface area contributed by atoms with Crippen molar-refractivity contribution in [3.8, 4) is 22.8 Å². The molecule has 0 radical (unpaired) electrons. The Morgan fingerprint density at radius 1 is 0.739 bits per heavy atom. The Kier molecular flexibility index (Phi) is 2.66. The van der Waals surface area contributed by atoms with Crippen molar-refractivity contribution < 1.29 is 13.6 Å². The lowest BCUT2D eigenvalue weighted by Crippen LogP contribution is -2.00. The molecule has 1 aromatic carbocycles. The Bertz CT molecular complexity index is 1030. The maximum absolute atomic E-state index is 13.4. The highest BCUT2D eigenvalue weighted by Crippen LogP contribution is 2.33. The summed E-state index contributed by atoms with van der Waals surface area (Å²) in [4.78, 5) is 8.71. The number of rotatable bonds is 2. The summed E-state index contributed by atoms with van der Waals surface area (Å²) in [6, 6.07) is 3.96. The lowest BCUT2D eigenvalue weighted by atomic mass is 10.1. The molecule has 0 aliphatic heterocycles. The van der Waals surface area contributed by atoms with Gasteiger partial charge in [-0.15, -0.1) is 0 Å². The van der Waals surface area contributed by atoms with Crippen LogP contribution in [0.25, 0.3) is 33.8 Å². The number of hydrogen-bond donors (Lipinski definition) is 2. The first-order valence-electron chi connectivity index (χ1n) is 6.27.